The summed E-state index contributed by atoms with van der Waals surface area (Å²) in [6, 6.07) is 53.1. The first kappa shape index (κ1) is 53.2. The van der Waals surface area contributed by atoms with Crippen molar-refractivity contribution in [2.24, 2.45) is 0 Å². The number of aryl methyl sites for hydroxylation is 8. The Labute approximate surface area is 454 Å². The monoisotopic (exact) mass is 1170 g/mol. The summed E-state index contributed by atoms with van der Waals surface area (Å²) in [6.07, 6.45) is 7.87. The second-order valence-corrected chi connectivity index (χ2v) is 19.7. The number of benzene rings is 6. The van der Waals surface area contributed by atoms with Gasteiger partial charge in [-0.05, 0) is 201 Å². The van der Waals surface area contributed by atoms with Gasteiger partial charge in [0, 0.05) is 58.4 Å². The number of aromatic nitrogens is 4. The summed E-state index contributed by atoms with van der Waals surface area (Å²) >= 11 is 1.61. The Morgan fingerprint density at radius 2 is 0.514 bits per heavy atom. The fourth-order valence-electron chi connectivity index (χ4n) is 9.33. The molecular formula is C68H63ClN4Pt. The molecule has 0 saturated carbocycles. The summed E-state index contributed by atoms with van der Waals surface area (Å²) in [5, 5.41) is 0. The third kappa shape index (κ3) is 12.0. The van der Waals surface area contributed by atoms with E-state index in [2.05, 4.69) is 232 Å². The number of hydrogen-bond donors (Lipinski definition) is 0. The summed E-state index contributed by atoms with van der Waals surface area (Å²) in [5.41, 5.74) is 33.1. The fourth-order valence-corrected chi connectivity index (χ4v) is 9.33. The van der Waals surface area contributed by atoms with E-state index in [1.165, 1.54) is 89.0 Å². The second-order valence-electron chi connectivity index (χ2n) is 19.7. The number of nitrogens with zero attached hydrogens (tertiary/aromatic N) is 4. The maximum atomic E-state index is 4.80. The third-order valence-corrected chi connectivity index (χ3v) is 14.9. The SMILES string of the molecule is Cc1cc(-c2ccc(-c3[c-]c(-c4ccc(-c5cc(C)c(C)c(C)c5)cn4)ccc3)nc2)cc(C)c1C.Cc1cc(-c2ccc(-c3cccc(-c4ccc(-c5cc(C)c(C)c(C)c5)cn4)c3)nc2)cc(C)c1C.[Cl][Pt+]. The average Bonchev–Trinajstić information content (AvgIpc) is 3.43. The molecule has 0 fully saturated rings. The fraction of sp³-hybridized carbons (Fsp3) is 0.176. The zero-order chi connectivity index (χ0) is 52.8. The molecule has 0 bridgehead atoms. The van der Waals surface area contributed by atoms with Crippen LogP contribution < -0.4 is 0 Å². The molecular weight excluding hydrogens is 1100 g/mol. The molecule has 4 heterocycles. The van der Waals surface area contributed by atoms with Gasteiger partial charge in [0.05, 0.1) is 11.4 Å². The Morgan fingerprint density at radius 3 is 0.757 bits per heavy atom. The van der Waals surface area contributed by atoms with Crippen LogP contribution in [0.1, 0.15) is 66.8 Å². The molecule has 6 heteroatoms. The van der Waals surface area contributed by atoms with E-state index in [4.69, 9.17) is 19.9 Å². The van der Waals surface area contributed by atoms with E-state index in [0.29, 0.717) is 0 Å². The van der Waals surface area contributed by atoms with Gasteiger partial charge in [-0.2, -0.15) is 0 Å². The molecule has 74 heavy (non-hydrogen) atoms. The quantitative estimate of drug-likeness (QED) is 0.142. The Morgan fingerprint density at radius 1 is 0.270 bits per heavy atom. The van der Waals surface area contributed by atoms with Crippen molar-refractivity contribution in [3.05, 3.63) is 237 Å². The Kier molecular flexibility index (Phi) is 16.8. The van der Waals surface area contributed by atoms with Crippen LogP contribution in [0.15, 0.2) is 164 Å². The van der Waals surface area contributed by atoms with Gasteiger partial charge >= 0.3 is 28.2 Å². The standard InChI is InChI=1S/C34H32N2.C34H31N2.ClH.Pt/c2*1-21-14-31(15-22(2)25(21)5)29-10-12-33(35-19-29)27-8-7-9-28(18-27)34-13-11-30(20-36-34)32-16-23(3)26(6)24(4)17-32;;/h7-20H,1-6H3;7-17,19-20H,1-6H3;1H;/q;-1;;+2/p-1. The van der Waals surface area contributed by atoms with E-state index < -0.39 is 0 Å². The molecule has 0 spiro atoms. The first-order valence-electron chi connectivity index (χ1n) is 25.0. The van der Waals surface area contributed by atoms with Crippen molar-refractivity contribution < 1.29 is 18.8 Å². The van der Waals surface area contributed by atoms with Gasteiger partial charge in [-0.3, -0.25) is 19.9 Å². The van der Waals surface area contributed by atoms with E-state index >= 15 is 0 Å². The van der Waals surface area contributed by atoms with Gasteiger partial charge < -0.3 is 0 Å². The van der Waals surface area contributed by atoms with Gasteiger partial charge in [-0.15, -0.1) is 24.3 Å². The number of pyridine rings is 4. The van der Waals surface area contributed by atoms with Crippen LogP contribution in [-0.2, 0) is 18.8 Å². The summed E-state index contributed by atoms with van der Waals surface area (Å²) in [7, 11) is 4.61. The predicted octanol–water partition coefficient (Wildman–Crippen LogP) is 18.5. The van der Waals surface area contributed by atoms with Gasteiger partial charge in [-0.1, -0.05) is 114 Å². The zero-order valence-electron chi connectivity index (χ0n) is 44.6. The van der Waals surface area contributed by atoms with E-state index in [1.807, 2.05) is 30.9 Å². The van der Waals surface area contributed by atoms with Crippen molar-refractivity contribution in [1.82, 2.24) is 19.9 Å². The molecule has 0 aliphatic heterocycles. The van der Waals surface area contributed by atoms with Crippen molar-refractivity contribution in [2.45, 2.75) is 83.1 Å². The van der Waals surface area contributed by atoms with Crippen LogP contribution in [0, 0.1) is 89.2 Å². The average molecular weight is 1170 g/mol. The van der Waals surface area contributed by atoms with Crippen molar-refractivity contribution in [1.29, 1.82) is 0 Å². The molecule has 4 nitrogen and oxygen atoms in total. The van der Waals surface area contributed by atoms with Crippen LogP contribution in [0.2, 0.25) is 0 Å². The molecule has 0 atom stereocenters. The van der Waals surface area contributed by atoms with Crippen LogP contribution in [0.3, 0.4) is 0 Å². The van der Waals surface area contributed by atoms with Crippen molar-refractivity contribution in [2.75, 3.05) is 0 Å². The first-order chi connectivity index (χ1) is 35.6. The number of halogens is 1. The molecule has 0 N–H and O–H groups in total. The van der Waals surface area contributed by atoms with E-state index in [-0.39, 0.29) is 0 Å². The summed E-state index contributed by atoms with van der Waals surface area (Å²) in [4.78, 5) is 19.1. The van der Waals surface area contributed by atoms with Crippen LogP contribution in [0.4, 0.5) is 0 Å². The molecule has 0 unspecified atom stereocenters. The van der Waals surface area contributed by atoms with Gasteiger partial charge in [0.25, 0.3) is 0 Å². The normalized spacial score (nSPS) is 10.9. The zero-order valence-corrected chi connectivity index (χ0v) is 47.6. The molecule has 372 valence electrons. The number of rotatable bonds is 8. The molecule has 6 aromatic carbocycles. The Bertz CT molecular complexity index is 3050. The number of hydrogen-bond acceptors (Lipinski definition) is 4. The molecule has 0 saturated heterocycles. The van der Waals surface area contributed by atoms with Gasteiger partial charge in [-0.25, -0.2) is 0 Å². The molecule has 4 aromatic heterocycles. The van der Waals surface area contributed by atoms with Crippen LogP contribution in [0.25, 0.3) is 89.5 Å². The van der Waals surface area contributed by atoms with E-state index in [1.54, 1.807) is 18.8 Å². The minimum absolute atomic E-state index is 0.906. The summed E-state index contributed by atoms with van der Waals surface area (Å²) in [6.45, 7) is 26.0. The van der Waals surface area contributed by atoms with Crippen LogP contribution >= 0.6 is 9.42 Å². The second kappa shape index (κ2) is 23.4. The topological polar surface area (TPSA) is 51.6 Å². The first-order valence-corrected chi connectivity index (χ1v) is 27.8. The maximum absolute atomic E-state index is 4.80. The Balaban J connectivity index is 0.000000191. The molecule has 0 amide bonds. The minimum atomic E-state index is 0.906. The van der Waals surface area contributed by atoms with Crippen molar-refractivity contribution >= 4 is 9.42 Å². The van der Waals surface area contributed by atoms with Gasteiger partial charge in [0.1, 0.15) is 0 Å². The van der Waals surface area contributed by atoms with E-state index in [9.17, 15) is 0 Å². The van der Waals surface area contributed by atoms with Crippen LogP contribution in [-0.4, -0.2) is 19.9 Å². The molecule has 0 radical (unpaired) electrons. The summed E-state index contributed by atoms with van der Waals surface area (Å²) in [5.74, 6) is 0. The Hall–Kier alpha value is -7.10. The van der Waals surface area contributed by atoms with Gasteiger partial charge in [0.15, 0.2) is 0 Å². The van der Waals surface area contributed by atoms with Crippen molar-refractivity contribution in [3.63, 3.8) is 0 Å². The van der Waals surface area contributed by atoms with Crippen molar-refractivity contribution in [3.8, 4) is 89.5 Å². The molecule has 0 aliphatic rings. The molecule has 0 aliphatic carbocycles. The third-order valence-electron chi connectivity index (χ3n) is 14.9. The molecule has 10 aromatic rings. The summed E-state index contributed by atoms with van der Waals surface area (Å²) < 4.78 is 0. The van der Waals surface area contributed by atoms with Gasteiger partial charge in [0.2, 0.25) is 0 Å². The molecule has 10 rings (SSSR count). The van der Waals surface area contributed by atoms with Crippen LogP contribution in [0.5, 0.6) is 0 Å². The van der Waals surface area contributed by atoms with E-state index in [0.717, 1.165) is 67.3 Å². The predicted molar refractivity (Wildman–Crippen MR) is 309 cm³/mol.